The highest BCUT2D eigenvalue weighted by Gasteiger charge is 2.24. The molecule has 0 radical (unpaired) electrons. The number of hydrogen-bond acceptors (Lipinski definition) is 4. The van der Waals surface area contributed by atoms with Crippen LogP contribution in [0.1, 0.15) is 36.0 Å². The SMILES string of the molecule is C[C@H](NCC(=O)N(C)C(c1ccccc1)c1ccccc1)c1nncn1C. The Balaban J connectivity index is 1.75. The Morgan fingerprint density at radius 1 is 1.07 bits per heavy atom. The second kappa shape index (κ2) is 8.60. The van der Waals surface area contributed by atoms with Crippen LogP contribution in [-0.2, 0) is 11.8 Å². The summed E-state index contributed by atoms with van der Waals surface area (Å²) in [5.41, 5.74) is 2.17. The summed E-state index contributed by atoms with van der Waals surface area (Å²) in [5.74, 6) is 0.815. The molecular formula is C21H25N5O. The second-order valence-corrected chi connectivity index (χ2v) is 6.63. The van der Waals surface area contributed by atoms with E-state index >= 15 is 0 Å². The Morgan fingerprint density at radius 3 is 2.11 bits per heavy atom. The number of carbonyl (C=O) groups is 1. The molecule has 0 aliphatic heterocycles. The van der Waals surface area contributed by atoms with Crippen LogP contribution >= 0.6 is 0 Å². The van der Waals surface area contributed by atoms with Crippen LogP contribution in [0.25, 0.3) is 0 Å². The molecule has 1 amide bonds. The minimum Gasteiger partial charge on any atom is -0.334 e. The zero-order chi connectivity index (χ0) is 19.2. The van der Waals surface area contributed by atoms with Crippen molar-refractivity contribution in [1.82, 2.24) is 25.0 Å². The number of amides is 1. The minimum atomic E-state index is -0.133. The van der Waals surface area contributed by atoms with E-state index in [9.17, 15) is 4.79 Å². The Kier molecular flexibility index (Phi) is 5.98. The summed E-state index contributed by atoms with van der Waals surface area (Å²) in [7, 11) is 3.74. The van der Waals surface area contributed by atoms with Gasteiger partial charge in [-0.25, -0.2) is 0 Å². The molecule has 1 atom stereocenters. The van der Waals surface area contributed by atoms with Gasteiger partial charge in [0.05, 0.1) is 18.6 Å². The van der Waals surface area contributed by atoms with Gasteiger partial charge in [-0.3, -0.25) is 10.1 Å². The lowest BCUT2D eigenvalue weighted by Crippen LogP contribution is -2.39. The number of rotatable bonds is 7. The van der Waals surface area contributed by atoms with E-state index in [0.29, 0.717) is 0 Å². The first-order valence-electron chi connectivity index (χ1n) is 9.00. The average Bonchev–Trinajstić information content (AvgIpc) is 3.13. The summed E-state index contributed by atoms with van der Waals surface area (Å²) >= 11 is 0. The van der Waals surface area contributed by atoms with Gasteiger partial charge in [0.2, 0.25) is 5.91 Å². The number of aromatic nitrogens is 3. The van der Waals surface area contributed by atoms with E-state index < -0.39 is 0 Å². The number of benzene rings is 2. The standard InChI is InChI=1S/C21H25N5O/c1-16(21-24-23-15-25(21)2)22-14-19(27)26(3)20(17-10-6-4-7-11-17)18-12-8-5-9-13-18/h4-13,15-16,20,22H,14H2,1-3H3/t16-/m0/s1. The topological polar surface area (TPSA) is 63.1 Å². The zero-order valence-electron chi connectivity index (χ0n) is 15.9. The third-order valence-electron chi connectivity index (χ3n) is 4.70. The van der Waals surface area contributed by atoms with Gasteiger partial charge in [-0.1, -0.05) is 60.7 Å². The maximum absolute atomic E-state index is 12.9. The fourth-order valence-electron chi connectivity index (χ4n) is 3.19. The van der Waals surface area contributed by atoms with Crippen LogP contribution in [0.15, 0.2) is 67.0 Å². The van der Waals surface area contributed by atoms with E-state index in [2.05, 4.69) is 39.8 Å². The normalized spacial score (nSPS) is 12.1. The van der Waals surface area contributed by atoms with Crippen molar-refractivity contribution in [2.45, 2.75) is 19.0 Å². The summed E-state index contributed by atoms with van der Waals surface area (Å²) < 4.78 is 1.85. The summed E-state index contributed by atoms with van der Waals surface area (Å²) in [4.78, 5) is 14.7. The van der Waals surface area contributed by atoms with Gasteiger partial charge in [0.15, 0.2) is 0 Å². The molecule has 0 spiro atoms. The van der Waals surface area contributed by atoms with Crippen molar-refractivity contribution in [1.29, 1.82) is 0 Å². The van der Waals surface area contributed by atoms with E-state index in [0.717, 1.165) is 17.0 Å². The Morgan fingerprint density at radius 2 is 1.63 bits per heavy atom. The predicted molar refractivity (Wildman–Crippen MR) is 105 cm³/mol. The number of nitrogens with zero attached hydrogens (tertiary/aromatic N) is 4. The Bertz CT molecular complexity index is 823. The average molecular weight is 363 g/mol. The lowest BCUT2D eigenvalue weighted by molar-refractivity contribution is -0.130. The van der Waals surface area contributed by atoms with Gasteiger partial charge in [-0.15, -0.1) is 10.2 Å². The largest absolute Gasteiger partial charge is 0.334 e. The molecule has 0 bridgehead atoms. The predicted octanol–water partition coefficient (Wildman–Crippen LogP) is 2.71. The number of nitrogens with one attached hydrogen (secondary N) is 1. The third-order valence-corrected chi connectivity index (χ3v) is 4.70. The van der Waals surface area contributed by atoms with Gasteiger partial charge in [-0.05, 0) is 18.1 Å². The molecule has 0 aliphatic carbocycles. The second-order valence-electron chi connectivity index (χ2n) is 6.63. The summed E-state index contributed by atoms with van der Waals surface area (Å²) in [6, 6.07) is 20.0. The van der Waals surface area contributed by atoms with Crippen LogP contribution in [0.5, 0.6) is 0 Å². The highest BCUT2D eigenvalue weighted by molar-refractivity contribution is 5.79. The van der Waals surface area contributed by atoms with E-state index in [1.165, 1.54) is 0 Å². The molecule has 6 heteroatoms. The molecule has 140 valence electrons. The van der Waals surface area contributed by atoms with Gasteiger partial charge in [-0.2, -0.15) is 0 Å². The fourth-order valence-corrected chi connectivity index (χ4v) is 3.19. The molecule has 1 N–H and O–H groups in total. The van der Waals surface area contributed by atoms with Crippen LogP contribution in [0, 0.1) is 0 Å². The fraction of sp³-hybridized carbons (Fsp3) is 0.286. The van der Waals surface area contributed by atoms with Crippen molar-refractivity contribution >= 4 is 5.91 Å². The highest BCUT2D eigenvalue weighted by atomic mass is 16.2. The summed E-state index contributed by atoms with van der Waals surface area (Å²) in [6.45, 7) is 2.20. The van der Waals surface area contributed by atoms with Crippen molar-refractivity contribution in [2.75, 3.05) is 13.6 Å². The lowest BCUT2D eigenvalue weighted by atomic mass is 9.97. The Hall–Kier alpha value is -2.99. The van der Waals surface area contributed by atoms with E-state index in [1.54, 1.807) is 11.2 Å². The first-order chi connectivity index (χ1) is 13.1. The van der Waals surface area contributed by atoms with Crippen LogP contribution in [0.2, 0.25) is 0 Å². The van der Waals surface area contributed by atoms with Crippen LogP contribution < -0.4 is 5.32 Å². The number of carbonyl (C=O) groups excluding carboxylic acids is 1. The van der Waals surface area contributed by atoms with Crippen molar-refractivity contribution in [3.05, 3.63) is 83.9 Å². The summed E-state index contributed by atoms with van der Waals surface area (Å²) in [5, 5.41) is 11.2. The molecule has 0 unspecified atom stereocenters. The van der Waals surface area contributed by atoms with E-state index in [4.69, 9.17) is 0 Å². The van der Waals surface area contributed by atoms with Crippen LogP contribution in [0.3, 0.4) is 0 Å². The molecule has 0 fully saturated rings. The highest BCUT2D eigenvalue weighted by Crippen LogP contribution is 2.27. The monoisotopic (exact) mass is 363 g/mol. The quantitative estimate of drug-likeness (QED) is 0.701. The van der Waals surface area contributed by atoms with Crippen molar-refractivity contribution in [3.63, 3.8) is 0 Å². The van der Waals surface area contributed by atoms with E-state index in [-0.39, 0.29) is 24.5 Å². The van der Waals surface area contributed by atoms with Gasteiger partial charge in [0.1, 0.15) is 12.2 Å². The molecular weight excluding hydrogens is 338 g/mol. The van der Waals surface area contributed by atoms with Crippen molar-refractivity contribution < 1.29 is 4.79 Å². The maximum Gasteiger partial charge on any atom is 0.237 e. The molecule has 1 aromatic heterocycles. The maximum atomic E-state index is 12.9. The molecule has 0 aliphatic rings. The zero-order valence-corrected chi connectivity index (χ0v) is 15.9. The molecule has 6 nitrogen and oxygen atoms in total. The Labute approximate surface area is 159 Å². The first-order valence-corrected chi connectivity index (χ1v) is 9.00. The molecule has 3 rings (SSSR count). The van der Waals surface area contributed by atoms with Crippen LogP contribution in [-0.4, -0.2) is 39.2 Å². The molecule has 1 heterocycles. The molecule has 3 aromatic rings. The lowest BCUT2D eigenvalue weighted by Gasteiger charge is -2.30. The van der Waals surface area contributed by atoms with Crippen LogP contribution in [0.4, 0.5) is 0 Å². The number of likely N-dealkylation sites (N-methyl/N-ethyl adjacent to an activating group) is 1. The first kappa shape index (κ1) is 18.8. The van der Waals surface area contributed by atoms with Gasteiger partial charge >= 0.3 is 0 Å². The number of aryl methyl sites for hydroxylation is 1. The molecule has 0 saturated carbocycles. The van der Waals surface area contributed by atoms with Crippen molar-refractivity contribution in [3.8, 4) is 0 Å². The van der Waals surface area contributed by atoms with Gasteiger partial charge in [0.25, 0.3) is 0 Å². The third kappa shape index (κ3) is 4.41. The van der Waals surface area contributed by atoms with Gasteiger partial charge < -0.3 is 9.47 Å². The molecule has 27 heavy (non-hydrogen) atoms. The minimum absolute atomic E-state index is 0.0155. The molecule has 2 aromatic carbocycles. The van der Waals surface area contributed by atoms with E-state index in [1.807, 2.05) is 62.0 Å². The van der Waals surface area contributed by atoms with Crippen molar-refractivity contribution in [2.24, 2.45) is 7.05 Å². The molecule has 0 saturated heterocycles. The smallest absolute Gasteiger partial charge is 0.237 e. The number of hydrogen-bond donors (Lipinski definition) is 1. The summed E-state index contributed by atoms with van der Waals surface area (Å²) in [6.07, 6.45) is 1.66. The van der Waals surface area contributed by atoms with Gasteiger partial charge in [0, 0.05) is 14.1 Å².